The highest BCUT2D eigenvalue weighted by Gasteiger charge is 2.28. The molecule has 1 fully saturated rings. The Morgan fingerprint density at radius 3 is 3.00 bits per heavy atom. The summed E-state index contributed by atoms with van der Waals surface area (Å²) in [5, 5.41) is 3.47. The Labute approximate surface area is 103 Å². The van der Waals surface area contributed by atoms with E-state index < -0.39 is 0 Å². The first-order valence-electron chi connectivity index (χ1n) is 6.29. The van der Waals surface area contributed by atoms with Gasteiger partial charge in [0.05, 0.1) is 5.60 Å². The van der Waals surface area contributed by atoms with E-state index in [0.29, 0.717) is 0 Å². The average Bonchev–Trinajstić information content (AvgIpc) is 2.72. The molecule has 1 aromatic carbocycles. The molecule has 0 saturated carbocycles. The van der Waals surface area contributed by atoms with Crippen LogP contribution in [0.5, 0.6) is 0 Å². The molecule has 0 amide bonds. The first kappa shape index (κ1) is 12.4. The molecule has 3 heteroatoms. The highest BCUT2D eigenvalue weighted by Crippen LogP contribution is 2.24. The summed E-state index contributed by atoms with van der Waals surface area (Å²) in [5.41, 5.74) is 9.23. The number of benzene rings is 1. The van der Waals surface area contributed by atoms with Crippen LogP contribution in [-0.2, 0) is 11.3 Å². The lowest BCUT2D eigenvalue weighted by molar-refractivity contribution is 0.0206. The predicted molar refractivity (Wildman–Crippen MR) is 70.9 cm³/mol. The molecule has 0 aromatic heterocycles. The van der Waals surface area contributed by atoms with Crippen LogP contribution >= 0.6 is 0 Å². The summed E-state index contributed by atoms with van der Waals surface area (Å²) in [6, 6.07) is 6.07. The number of rotatable bonds is 4. The molecule has 1 aliphatic heterocycles. The fourth-order valence-electron chi connectivity index (χ4n) is 2.33. The largest absolute Gasteiger partial charge is 0.399 e. The highest BCUT2D eigenvalue weighted by molar-refractivity contribution is 5.49. The molecule has 3 nitrogen and oxygen atoms in total. The van der Waals surface area contributed by atoms with Crippen LogP contribution < -0.4 is 11.1 Å². The van der Waals surface area contributed by atoms with E-state index in [0.717, 1.165) is 31.8 Å². The third-order valence-corrected chi connectivity index (χ3v) is 3.60. The van der Waals surface area contributed by atoms with Crippen molar-refractivity contribution in [2.24, 2.45) is 0 Å². The lowest BCUT2D eigenvalue weighted by Crippen LogP contribution is -2.36. The Balaban J connectivity index is 1.88. The number of nitrogens with two attached hydrogens (primary N) is 1. The molecule has 0 bridgehead atoms. The molecule has 2 rings (SSSR count). The lowest BCUT2D eigenvalue weighted by atomic mass is 10.0. The van der Waals surface area contributed by atoms with Crippen molar-refractivity contribution in [1.29, 1.82) is 0 Å². The molecule has 1 saturated heterocycles. The number of nitrogens with one attached hydrogen (secondary N) is 1. The number of ether oxygens (including phenoxy) is 1. The quantitative estimate of drug-likeness (QED) is 0.785. The van der Waals surface area contributed by atoms with Crippen LogP contribution in [0.25, 0.3) is 0 Å². The molecule has 0 radical (unpaired) electrons. The summed E-state index contributed by atoms with van der Waals surface area (Å²) in [6.45, 7) is 6.91. The molecule has 3 N–H and O–H groups in total. The fraction of sp³-hybridized carbons (Fsp3) is 0.571. The Morgan fingerprint density at radius 2 is 2.29 bits per heavy atom. The van der Waals surface area contributed by atoms with Crippen LogP contribution in [0.3, 0.4) is 0 Å². The van der Waals surface area contributed by atoms with E-state index in [-0.39, 0.29) is 5.60 Å². The third-order valence-electron chi connectivity index (χ3n) is 3.60. The van der Waals surface area contributed by atoms with Gasteiger partial charge in [-0.1, -0.05) is 12.1 Å². The van der Waals surface area contributed by atoms with Gasteiger partial charge in [-0.05, 0) is 43.9 Å². The zero-order valence-electron chi connectivity index (χ0n) is 10.8. The maximum absolute atomic E-state index is 5.89. The topological polar surface area (TPSA) is 47.3 Å². The first-order chi connectivity index (χ1) is 8.11. The van der Waals surface area contributed by atoms with Crippen molar-refractivity contribution >= 4 is 5.69 Å². The fourth-order valence-corrected chi connectivity index (χ4v) is 2.33. The van der Waals surface area contributed by atoms with Crippen molar-refractivity contribution < 1.29 is 4.74 Å². The zero-order valence-corrected chi connectivity index (χ0v) is 10.8. The molecule has 17 heavy (non-hydrogen) atoms. The summed E-state index contributed by atoms with van der Waals surface area (Å²) >= 11 is 0. The molecular weight excluding hydrogens is 212 g/mol. The van der Waals surface area contributed by atoms with E-state index in [2.05, 4.69) is 25.2 Å². The van der Waals surface area contributed by atoms with E-state index in [9.17, 15) is 0 Å². The standard InChI is InChI=1S/C14H22N2O/c1-11-12(5-3-6-13(11)15)9-16-10-14(2)7-4-8-17-14/h3,5-6,16H,4,7-10,15H2,1-2H3. The van der Waals surface area contributed by atoms with Crippen molar-refractivity contribution in [2.75, 3.05) is 18.9 Å². The van der Waals surface area contributed by atoms with Gasteiger partial charge in [-0.3, -0.25) is 0 Å². The molecule has 1 heterocycles. The van der Waals surface area contributed by atoms with Gasteiger partial charge in [-0.15, -0.1) is 0 Å². The molecule has 1 unspecified atom stereocenters. The van der Waals surface area contributed by atoms with Crippen molar-refractivity contribution in [3.05, 3.63) is 29.3 Å². The Hall–Kier alpha value is -1.06. The minimum absolute atomic E-state index is 0.0221. The molecule has 94 valence electrons. The van der Waals surface area contributed by atoms with Crippen LogP contribution in [-0.4, -0.2) is 18.8 Å². The normalized spacial score (nSPS) is 24.1. The van der Waals surface area contributed by atoms with Crippen molar-refractivity contribution in [3.63, 3.8) is 0 Å². The van der Waals surface area contributed by atoms with E-state index in [4.69, 9.17) is 10.5 Å². The number of hydrogen-bond donors (Lipinski definition) is 2. The van der Waals surface area contributed by atoms with Crippen LogP contribution in [0.15, 0.2) is 18.2 Å². The zero-order chi connectivity index (χ0) is 12.3. The van der Waals surface area contributed by atoms with E-state index in [1.807, 2.05) is 12.1 Å². The van der Waals surface area contributed by atoms with E-state index in [1.165, 1.54) is 17.5 Å². The minimum atomic E-state index is 0.0221. The third kappa shape index (κ3) is 2.99. The highest BCUT2D eigenvalue weighted by atomic mass is 16.5. The van der Waals surface area contributed by atoms with Gasteiger partial charge in [-0.25, -0.2) is 0 Å². The number of anilines is 1. The van der Waals surface area contributed by atoms with Crippen LogP contribution in [0.2, 0.25) is 0 Å². The summed E-state index contributed by atoms with van der Waals surface area (Å²) in [4.78, 5) is 0. The summed E-state index contributed by atoms with van der Waals surface area (Å²) < 4.78 is 5.75. The summed E-state index contributed by atoms with van der Waals surface area (Å²) in [7, 11) is 0. The summed E-state index contributed by atoms with van der Waals surface area (Å²) in [6.07, 6.45) is 2.32. The van der Waals surface area contributed by atoms with Gasteiger partial charge in [0, 0.05) is 25.4 Å². The SMILES string of the molecule is Cc1c(N)cccc1CNCC1(C)CCCO1. The van der Waals surface area contributed by atoms with Gasteiger partial charge in [0.1, 0.15) is 0 Å². The predicted octanol–water partition coefficient (Wildman–Crippen LogP) is 2.24. The van der Waals surface area contributed by atoms with Gasteiger partial charge >= 0.3 is 0 Å². The monoisotopic (exact) mass is 234 g/mol. The van der Waals surface area contributed by atoms with Crippen LogP contribution in [0, 0.1) is 6.92 Å². The smallest absolute Gasteiger partial charge is 0.0779 e. The van der Waals surface area contributed by atoms with Crippen molar-refractivity contribution in [1.82, 2.24) is 5.32 Å². The van der Waals surface area contributed by atoms with Gasteiger partial charge in [0.2, 0.25) is 0 Å². The Morgan fingerprint density at radius 1 is 1.47 bits per heavy atom. The van der Waals surface area contributed by atoms with Gasteiger partial charge in [0.25, 0.3) is 0 Å². The van der Waals surface area contributed by atoms with Gasteiger partial charge in [0.15, 0.2) is 0 Å². The van der Waals surface area contributed by atoms with Crippen LogP contribution in [0.1, 0.15) is 30.9 Å². The van der Waals surface area contributed by atoms with Crippen LogP contribution in [0.4, 0.5) is 5.69 Å². The maximum atomic E-state index is 5.89. The number of hydrogen-bond acceptors (Lipinski definition) is 3. The molecule has 0 aliphatic carbocycles. The molecule has 1 atom stereocenters. The number of nitrogen functional groups attached to an aromatic ring is 1. The molecule has 1 aliphatic rings. The lowest BCUT2D eigenvalue weighted by Gasteiger charge is -2.23. The Kier molecular flexibility index (Phi) is 3.69. The minimum Gasteiger partial charge on any atom is -0.399 e. The second kappa shape index (κ2) is 5.07. The van der Waals surface area contributed by atoms with Crippen molar-refractivity contribution in [2.45, 2.75) is 38.8 Å². The van der Waals surface area contributed by atoms with Crippen molar-refractivity contribution in [3.8, 4) is 0 Å². The maximum Gasteiger partial charge on any atom is 0.0779 e. The molecule has 0 spiro atoms. The second-order valence-corrected chi connectivity index (χ2v) is 5.14. The second-order valence-electron chi connectivity index (χ2n) is 5.14. The van der Waals surface area contributed by atoms with E-state index in [1.54, 1.807) is 0 Å². The first-order valence-corrected chi connectivity index (χ1v) is 6.29. The average molecular weight is 234 g/mol. The Bertz CT molecular complexity index is 384. The van der Waals surface area contributed by atoms with Gasteiger partial charge < -0.3 is 15.8 Å². The molecular formula is C14H22N2O. The van der Waals surface area contributed by atoms with E-state index >= 15 is 0 Å². The molecule has 1 aromatic rings. The van der Waals surface area contributed by atoms with Gasteiger partial charge in [-0.2, -0.15) is 0 Å². The summed E-state index contributed by atoms with van der Waals surface area (Å²) in [5.74, 6) is 0.